The number of amidine groups is 1. The fourth-order valence-electron chi connectivity index (χ4n) is 3.11. The number of nitrogens with zero attached hydrogens (tertiary/aromatic N) is 3. The largest absolute Gasteiger partial charge is 0.396 e. The van der Waals surface area contributed by atoms with Crippen LogP contribution in [0.3, 0.4) is 0 Å². The van der Waals surface area contributed by atoms with Crippen molar-refractivity contribution < 1.29 is 0 Å². The highest BCUT2D eigenvalue weighted by Crippen LogP contribution is 2.24. The van der Waals surface area contributed by atoms with Crippen LogP contribution in [0.4, 0.5) is 0 Å². The molecule has 0 unspecified atom stereocenters. The van der Waals surface area contributed by atoms with E-state index in [9.17, 15) is 0 Å². The maximum absolute atomic E-state index is 6.30. The Balaban J connectivity index is 1.77. The fourth-order valence-corrected chi connectivity index (χ4v) is 3.54. The number of hydrogen-bond acceptors (Lipinski definition) is 6. The van der Waals surface area contributed by atoms with Crippen molar-refractivity contribution >= 4 is 28.7 Å². The van der Waals surface area contributed by atoms with Crippen LogP contribution in [0.25, 0.3) is 10.9 Å². The number of hydrogen-bond donors (Lipinski definition) is 3. The van der Waals surface area contributed by atoms with Gasteiger partial charge in [-0.05, 0) is 48.3 Å². The Labute approximate surface area is 175 Å². The van der Waals surface area contributed by atoms with Gasteiger partial charge in [0.25, 0.3) is 0 Å². The van der Waals surface area contributed by atoms with Crippen molar-refractivity contribution in [1.82, 2.24) is 14.7 Å². The fraction of sp³-hybridized carbons (Fsp3) is 0.182. The first-order chi connectivity index (χ1) is 14.0. The van der Waals surface area contributed by atoms with Gasteiger partial charge in [0.1, 0.15) is 0 Å². The van der Waals surface area contributed by atoms with Crippen molar-refractivity contribution in [2.45, 2.75) is 19.4 Å². The summed E-state index contributed by atoms with van der Waals surface area (Å²) in [6, 6.07) is 9.97. The number of aliphatic imine (C=N–C) groups is 1. The SMILES string of the molecule is C=C(N)C(=NC(=C)C1=CC=C(NSC)CC1)N(N)Cc1ccc2ncccc2c1. The Morgan fingerprint density at radius 3 is 2.79 bits per heavy atom. The van der Waals surface area contributed by atoms with Crippen molar-refractivity contribution in [2.75, 3.05) is 6.26 Å². The van der Waals surface area contributed by atoms with Crippen LogP contribution in [0.5, 0.6) is 0 Å². The van der Waals surface area contributed by atoms with E-state index in [2.05, 4.69) is 40.0 Å². The molecule has 0 atom stereocenters. The smallest absolute Gasteiger partial charge is 0.166 e. The van der Waals surface area contributed by atoms with Gasteiger partial charge in [0.2, 0.25) is 0 Å². The van der Waals surface area contributed by atoms with Gasteiger partial charge in [0.15, 0.2) is 5.84 Å². The van der Waals surface area contributed by atoms with Crippen LogP contribution in [0.1, 0.15) is 18.4 Å². The number of nitrogens with two attached hydrogens (primary N) is 2. The first-order valence-electron chi connectivity index (χ1n) is 9.25. The van der Waals surface area contributed by atoms with Crippen LogP contribution in [0, 0.1) is 0 Å². The lowest BCUT2D eigenvalue weighted by molar-refractivity contribution is 0.433. The lowest BCUT2D eigenvalue weighted by Crippen LogP contribution is -2.39. The molecular weight excluding hydrogens is 380 g/mol. The number of benzene rings is 1. The Hall–Kier alpha value is -3.03. The third-order valence-corrected chi connectivity index (χ3v) is 5.04. The van der Waals surface area contributed by atoms with Crippen molar-refractivity contribution in [1.29, 1.82) is 0 Å². The van der Waals surface area contributed by atoms with Gasteiger partial charge in [-0.1, -0.05) is 43.3 Å². The van der Waals surface area contributed by atoms with Gasteiger partial charge in [-0.3, -0.25) is 9.99 Å². The molecule has 1 aliphatic carbocycles. The van der Waals surface area contributed by atoms with E-state index < -0.39 is 0 Å². The summed E-state index contributed by atoms with van der Waals surface area (Å²) in [5, 5.41) is 2.56. The quantitative estimate of drug-likeness (QED) is 0.213. The molecule has 2 aromatic rings. The van der Waals surface area contributed by atoms with E-state index >= 15 is 0 Å². The van der Waals surface area contributed by atoms with E-state index in [1.165, 1.54) is 10.7 Å². The van der Waals surface area contributed by atoms with Crippen molar-refractivity contribution in [3.05, 3.63) is 90.1 Å². The van der Waals surface area contributed by atoms with Crippen LogP contribution in [-0.2, 0) is 6.54 Å². The van der Waals surface area contributed by atoms with E-state index in [1.807, 2.05) is 36.6 Å². The summed E-state index contributed by atoms with van der Waals surface area (Å²) in [5.41, 5.74) is 11.1. The first kappa shape index (κ1) is 20.7. The third kappa shape index (κ3) is 5.28. The number of nitrogens with one attached hydrogen (secondary N) is 1. The maximum atomic E-state index is 6.30. The second-order valence-electron chi connectivity index (χ2n) is 6.76. The molecule has 0 spiro atoms. The van der Waals surface area contributed by atoms with E-state index in [1.54, 1.807) is 18.1 Å². The first-order valence-corrected chi connectivity index (χ1v) is 10.5. The maximum Gasteiger partial charge on any atom is 0.166 e. The van der Waals surface area contributed by atoms with E-state index in [-0.39, 0.29) is 0 Å². The van der Waals surface area contributed by atoms with Crippen molar-refractivity contribution in [3.8, 4) is 0 Å². The zero-order chi connectivity index (χ0) is 20.8. The number of fused-ring (bicyclic) bond motifs is 1. The summed E-state index contributed by atoms with van der Waals surface area (Å²) < 4.78 is 3.26. The normalized spacial score (nSPS) is 14.2. The van der Waals surface area contributed by atoms with Crippen molar-refractivity contribution in [3.63, 3.8) is 0 Å². The molecule has 1 heterocycles. The molecule has 6 nitrogen and oxygen atoms in total. The molecule has 0 amide bonds. The Bertz CT molecular complexity index is 1020. The zero-order valence-electron chi connectivity index (χ0n) is 16.6. The van der Waals surface area contributed by atoms with Gasteiger partial charge in [-0.25, -0.2) is 10.8 Å². The van der Waals surface area contributed by atoms with Gasteiger partial charge < -0.3 is 10.5 Å². The minimum absolute atomic E-state index is 0.299. The van der Waals surface area contributed by atoms with Crippen LogP contribution in [-0.4, -0.2) is 22.1 Å². The average molecular weight is 407 g/mol. The molecule has 0 bridgehead atoms. The van der Waals surface area contributed by atoms with Gasteiger partial charge in [0, 0.05) is 23.5 Å². The minimum atomic E-state index is 0.299. The molecule has 1 aliphatic rings. The van der Waals surface area contributed by atoms with E-state index in [0.717, 1.165) is 34.9 Å². The van der Waals surface area contributed by atoms with Gasteiger partial charge in [0.05, 0.1) is 23.5 Å². The second-order valence-corrected chi connectivity index (χ2v) is 7.37. The predicted octanol–water partition coefficient (Wildman–Crippen LogP) is 3.77. The molecule has 5 N–H and O–H groups in total. The molecular formula is C22H26N6S. The Morgan fingerprint density at radius 1 is 1.28 bits per heavy atom. The number of rotatable bonds is 7. The summed E-state index contributed by atoms with van der Waals surface area (Å²) in [7, 11) is 0. The molecule has 0 fully saturated rings. The number of allylic oxidation sites excluding steroid dienone is 4. The minimum Gasteiger partial charge on any atom is -0.396 e. The van der Waals surface area contributed by atoms with Crippen molar-refractivity contribution in [2.24, 2.45) is 16.6 Å². The molecule has 29 heavy (non-hydrogen) atoms. The molecule has 0 aliphatic heterocycles. The molecule has 7 heteroatoms. The van der Waals surface area contributed by atoms with E-state index in [4.69, 9.17) is 11.6 Å². The average Bonchev–Trinajstić information content (AvgIpc) is 2.72. The lowest BCUT2D eigenvalue weighted by atomic mass is 10.0. The lowest BCUT2D eigenvalue weighted by Gasteiger charge is -2.22. The van der Waals surface area contributed by atoms with Crippen LogP contribution in [0.15, 0.2) is 89.5 Å². The summed E-state index contributed by atoms with van der Waals surface area (Å²) in [5.74, 6) is 6.71. The standard InChI is InChI=1S/C22H26N6S/c1-15(23)22(26-16(2)18-7-9-20(10-8-18)27-29-3)28(24)14-17-6-11-21-19(13-17)5-4-12-25-21/h4-7,9,11-13,27H,1-2,8,10,14,23-24H2,3H3. The Kier molecular flexibility index (Phi) is 6.74. The summed E-state index contributed by atoms with van der Waals surface area (Å²) in [6.07, 6.45) is 9.63. The molecule has 1 aromatic carbocycles. The molecule has 0 radical (unpaired) electrons. The van der Waals surface area contributed by atoms with Gasteiger partial charge in [-0.15, -0.1) is 0 Å². The monoisotopic (exact) mass is 406 g/mol. The molecule has 1 aromatic heterocycles. The van der Waals surface area contributed by atoms with Gasteiger partial charge in [-0.2, -0.15) is 0 Å². The highest BCUT2D eigenvalue weighted by Gasteiger charge is 2.14. The molecule has 0 saturated heterocycles. The molecule has 3 rings (SSSR count). The number of hydrazine groups is 1. The van der Waals surface area contributed by atoms with Crippen LogP contribution >= 0.6 is 11.9 Å². The topological polar surface area (TPSA) is 92.6 Å². The van der Waals surface area contributed by atoms with Crippen LogP contribution in [0.2, 0.25) is 0 Å². The summed E-state index contributed by atoms with van der Waals surface area (Å²) in [4.78, 5) is 8.93. The highest BCUT2D eigenvalue weighted by molar-refractivity contribution is 7.96. The molecule has 150 valence electrons. The second kappa shape index (κ2) is 9.45. The highest BCUT2D eigenvalue weighted by atomic mass is 32.2. The van der Waals surface area contributed by atoms with E-state index in [0.29, 0.717) is 23.8 Å². The number of aromatic nitrogens is 1. The van der Waals surface area contributed by atoms with Gasteiger partial charge >= 0.3 is 0 Å². The summed E-state index contributed by atoms with van der Waals surface area (Å²) >= 11 is 1.58. The molecule has 0 saturated carbocycles. The summed E-state index contributed by atoms with van der Waals surface area (Å²) in [6.45, 7) is 8.38. The predicted molar refractivity (Wildman–Crippen MR) is 123 cm³/mol. The Morgan fingerprint density at radius 2 is 2.10 bits per heavy atom. The van der Waals surface area contributed by atoms with Crippen LogP contribution < -0.4 is 16.3 Å². The third-order valence-electron chi connectivity index (χ3n) is 4.57. The number of pyridine rings is 1. The zero-order valence-corrected chi connectivity index (χ0v) is 17.4.